The first-order valence-corrected chi connectivity index (χ1v) is 10.3. The number of carbonyl (C=O) groups excluding carboxylic acids is 1. The highest BCUT2D eigenvalue weighted by Gasteiger charge is 2.40. The van der Waals surface area contributed by atoms with Gasteiger partial charge in [-0.1, -0.05) is 12.1 Å². The number of amides is 1. The van der Waals surface area contributed by atoms with Gasteiger partial charge in [0.15, 0.2) is 17.5 Å². The van der Waals surface area contributed by atoms with Gasteiger partial charge < -0.3 is 14.4 Å². The summed E-state index contributed by atoms with van der Waals surface area (Å²) in [5.41, 5.74) is 1.08. The van der Waals surface area contributed by atoms with Gasteiger partial charge in [-0.25, -0.2) is 18.7 Å². The third-order valence-corrected chi connectivity index (χ3v) is 5.59. The summed E-state index contributed by atoms with van der Waals surface area (Å²) in [6, 6.07) is 7.90. The van der Waals surface area contributed by atoms with Gasteiger partial charge in [-0.3, -0.25) is 4.79 Å². The minimum Gasteiger partial charge on any atom is -0.415 e. The molecule has 0 fully saturated rings. The van der Waals surface area contributed by atoms with E-state index in [4.69, 9.17) is 4.42 Å². The van der Waals surface area contributed by atoms with Gasteiger partial charge in [-0.2, -0.15) is 8.78 Å². The Kier molecular flexibility index (Phi) is 5.73. The standard InChI is InChI=1S/C23H15F4N5O3/c24-15-5-4-11(9-16(15)25)18(33)17(20-28-6-1-7-29-20)32-10-13-3-2-12(8-14(13)23(32)34)21-30-31-22(35-21)19(26)27/h1-9,17-19,33H,10H2. The summed E-state index contributed by atoms with van der Waals surface area (Å²) in [6.07, 6.45) is -1.58. The van der Waals surface area contributed by atoms with Gasteiger partial charge in [0.1, 0.15) is 12.1 Å². The highest BCUT2D eigenvalue weighted by Crippen LogP contribution is 2.39. The molecule has 2 aromatic carbocycles. The largest absolute Gasteiger partial charge is 0.415 e. The molecule has 2 unspecified atom stereocenters. The van der Waals surface area contributed by atoms with Gasteiger partial charge >= 0.3 is 6.43 Å². The van der Waals surface area contributed by atoms with Crippen LogP contribution < -0.4 is 0 Å². The second-order valence-electron chi connectivity index (χ2n) is 7.72. The van der Waals surface area contributed by atoms with Crippen LogP contribution in [0.25, 0.3) is 11.5 Å². The monoisotopic (exact) mass is 485 g/mol. The maximum absolute atomic E-state index is 13.9. The van der Waals surface area contributed by atoms with E-state index in [1.165, 1.54) is 35.5 Å². The number of rotatable bonds is 6. The third-order valence-electron chi connectivity index (χ3n) is 5.59. The van der Waals surface area contributed by atoms with Crippen molar-refractivity contribution in [2.24, 2.45) is 0 Å². The van der Waals surface area contributed by atoms with Crippen LogP contribution in [0.5, 0.6) is 0 Å². The lowest BCUT2D eigenvalue weighted by atomic mass is 9.99. The Bertz CT molecular complexity index is 1400. The van der Waals surface area contributed by atoms with E-state index in [2.05, 4.69) is 20.2 Å². The van der Waals surface area contributed by atoms with Gasteiger partial charge in [-0.05, 0) is 41.5 Å². The Morgan fingerprint density at radius 1 is 1.00 bits per heavy atom. The fraction of sp³-hybridized carbons (Fsp3) is 0.174. The first-order chi connectivity index (χ1) is 16.8. The fourth-order valence-corrected chi connectivity index (χ4v) is 3.91. The molecule has 0 saturated heterocycles. The molecular weight excluding hydrogens is 470 g/mol. The summed E-state index contributed by atoms with van der Waals surface area (Å²) < 4.78 is 57.9. The number of benzene rings is 2. The van der Waals surface area contributed by atoms with E-state index in [0.29, 0.717) is 5.56 Å². The van der Waals surface area contributed by atoms with Gasteiger partial charge in [0, 0.05) is 30.1 Å². The van der Waals surface area contributed by atoms with E-state index in [1.54, 1.807) is 12.1 Å². The summed E-state index contributed by atoms with van der Waals surface area (Å²) >= 11 is 0. The number of alkyl halides is 2. The van der Waals surface area contributed by atoms with Gasteiger partial charge in [0.05, 0.1) is 0 Å². The fourth-order valence-electron chi connectivity index (χ4n) is 3.91. The lowest BCUT2D eigenvalue weighted by molar-refractivity contribution is 0.0331. The van der Waals surface area contributed by atoms with Crippen molar-refractivity contribution in [1.82, 2.24) is 25.1 Å². The molecule has 1 aliphatic heterocycles. The molecule has 178 valence electrons. The molecule has 2 aromatic heterocycles. The van der Waals surface area contributed by atoms with Crippen LogP contribution in [0.3, 0.4) is 0 Å². The van der Waals surface area contributed by atoms with E-state index >= 15 is 0 Å². The molecule has 12 heteroatoms. The number of aliphatic hydroxyl groups excluding tert-OH is 1. The highest BCUT2D eigenvalue weighted by atomic mass is 19.3. The Labute approximate surface area is 194 Å². The molecule has 0 saturated carbocycles. The average Bonchev–Trinajstić information content (AvgIpc) is 3.47. The maximum Gasteiger partial charge on any atom is 0.314 e. The van der Waals surface area contributed by atoms with E-state index in [9.17, 15) is 27.5 Å². The van der Waals surface area contributed by atoms with Crippen molar-refractivity contribution in [3.63, 3.8) is 0 Å². The minimum atomic E-state index is -2.94. The predicted molar refractivity (Wildman–Crippen MR) is 111 cm³/mol. The van der Waals surface area contributed by atoms with Crippen molar-refractivity contribution >= 4 is 5.91 Å². The van der Waals surface area contributed by atoms with Crippen LogP contribution in [0.4, 0.5) is 17.6 Å². The van der Waals surface area contributed by atoms with Crippen molar-refractivity contribution in [1.29, 1.82) is 0 Å². The van der Waals surface area contributed by atoms with Crippen LogP contribution in [0.15, 0.2) is 59.3 Å². The number of aromatic nitrogens is 4. The summed E-state index contributed by atoms with van der Waals surface area (Å²) in [4.78, 5) is 23.0. The van der Waals surface area contributed by atoms with Crippen molar-refractivity contribution in [2.45, 2.75) is 25.1 Å². The van der Waals surface area contributed by atoms with Gasteiger partial charge in [0.2, 0.25) is 5.89 Å². The molecule has 5 rings (SSSR count). The zero-order valence-corrected chi connectivity index (χ0v) is 17.6. The summed E-state index contributed by atoms with van der Waals surface area (Å²) in [7, 11) is 0. The quantitative estimate of drug-likeness (QED) is 0.409. The van der Waals surface area contributed by atoms with Crippen molar-refractivity contribution in [3.8, 4) is 11.5 Å². The molecule has 0 bridgehead atoms. The molecule has 0 spiro atoms. The first-order valence-electron chi connectivity index (χ1n) is 10.3. The number of fused-ring (bicyclic) bond motifs is 1. The van der Waals surface area contributed by atoms with E-state index in [0.717, 1.165) is 12.1 Å². The molecule has 8 nitrogen and oxygen atoms in total. The number of carbonyl (C=O) groups is 1. The zero-order chi connectivity index (χ0) is 24.7. The Morgan fingerprint density at radius 3 is 2.46 bits per heavy atom. The number of nitrogens with zero attached hydrogens (tertiary/aromatic N) is 5. The molecular formula is C23H15F4N5O3. The lowest BCUT2D eigenvalue weighted by Crippen LogP contribution is -2.34. The van der Waals surface area contributed by atoms with E-state index < -0.39 is 42.0 Å². The maximum atomic E-state index is 13.9. The van der Waals surface area contributed by atoms with Crippen LogP contribution in [-0.2, 0) is 6.54 Å². The van der Waals surface area contributed by atoms with Gasteiger partial charge in [0.25, 0.3) is 11.8 Å². The van der Waals surface area contributed by atoms with Crippen molar-refractivity contribution in [2.75, 3.05) is 0 Å². The van der Waals surface area contributed by atoms with Crippen LogP contribution in [0, 0.1) is 11.6 Å². The highest BCUT2D eigenvalue weighted by molar-refractivity contribution is 5.99. The van der Waals surface area contributed by atoms with Crippen LogP contribution >= 0.6 is 0 Å². The molecule has 3 heterocycles. The number of aliphatic hydroxyl groups is 1. The Balaban J connectivity index is 1.51. The number of halogens is 4. The van der Waals surface area contributed by atoms with Crippen molar-refractivity contribution < 1.29 is 31.9 Å². The second kappa shape index (κ2) is 8.87. The number of hydrogen-bond acceptors (Lipinski definition) is 7. The topological polar surface area (TPSA) is 105 Å². The zero-order valence-electron chi connectivity index (χ0n) is 17.6. The Hall–Kier alpha value is -4.19. The molecule has 1 aliphatic rings. The smallest absolute Gasteiger partial charge is 0.314 e. The normalized spacial score (nSPS) is 14.9. The van der Waals surface area contributed by atoms with Gasteiger partial charge in [-0.15, -0.1) is 10.2 Å². The predicted octanol–water partition coefficient (Wildman–Crippen LogP) is 4.17. The molecule has 0 aliphatic carbocycles. The Morgan fingerprint density at radius 2 is 1.77 bits per heavy atom. The van der Waals surface area contributed by atoms with E-state index in [1.807, 2.05) is 0 Å². The molecule has 1 N–H and O–H groups in total. The molecule has 4 aromatic rings. The van der Waals surface area contributed by atoms with E-state index in [-0.39, 0.29) is 35.0 Å². The number of hydrogen-bond donors (Lipinski definition) is 1. The molecule has 1 amide bonds. The van der Waals surface area contributed by atoms with Crippen LogP contribution in [0.2, 0.25) is 0 Å². The lowest BCUT2D eigenvalue weighted by Gasteiger charge is -2.30. The average molecular weight is 485 g/mol. The van der Waals surface area contributed by atoms with Crippen molar-refractivity contribution in [3.05, 3.63) is 94.9 Å². The van der Waals surface area contributed by atoms with Crippen LogP contribution in [-0.4, -0.2) is 36.1 Å². The second-order valence-corrected chi connectivity index (χ2v) is 7.72. The minimum absolute atomic E-state index is 0.0242. The summed E-state index contributed by atoms with van der Waals surface area (Å²) in [5.74, 6) is -3.69. The first kappa shape index (κ1) is 22.6. The molecule has 2 atom stereocenters. The summed E-state index contributed by atoms with van der Waals surface area (Å²) in [6.45, 7) is 0.0459. The third kappa shape index (κ3) is 4.12. The van der Waals surface area contributed by atoms with Crippen LogP contribution in [0.1, 0.15) is 51.8 Å². The molecule has 35 heavy (non-hydrogen) atoms. The SMILES string of the molecule is O=C1c2cc(-c3nnc(C(F)F)o3)ccc2CN1C(c1ncccn1)C(O)c1ccc(F)c(F)c1. The summed E-state index contributed by atoms with van der Waals surface area (Å²) in [5, 5.41) is 18.0. The molecule has 0 radical (unpaired) electrons.